The Morgan fingerprint density at radius 1 is 1.36 bits per heavy atom. The summed E-state index contributed by atoms with van der Waals surface area (Å²) >= 11 is 0. The van der Waals surface area contributed by atoms with E-state index in [1.54, 1.807) is 6.92 Å². The largest absolute Gasteiger partial charge is 0.481 e. The van der Waals surface area contributed by atoms with E-state index in [4.69, 9.17) is 5.11 Å². The molecule has 1 amide bonds. The summed E-state index contributed by atoms with van der Waals surface area (Å²) in [5.41, 5.74) is -0.208. The SMILES string of the molecule is CC[C@](C)(CC(=O)O)NC(=O)[C@H]1C[C@H]1c1ccc(F)c(F)c1. The molecule has 0 spiro atoms. The topological polar surface area (TPSA) is 66.4 Å². The monoisotopic (exact) mass is 311 g/mol. The fourth-order valence-corrected chi connectivity index (χ4v) is 2.58. The second kappa shape index (κ2) is 6.02. The Hall–Kier alpha value is -1.98. The predicted octanol–water partition coefficient (Wildman–Crippen LogP) is 2.83. The average Bonchev–Trinajstić information content (AvgIpc) is 3.21. The zero-order valence-electron chi connectivity index (χ0n) is 12.5. The maximum Gasteiger partial charge on any atom is 0.305 e. The number of carboxylic acids is 1. The molecule has 3 atom stereocenters. The summed E-state index contributed by atoms with van der Waals surface area (Å²) in [6, 6.07) is 3.65. The molecule has 6 heteroatoms. The molecular weight excluding hydrogens is 292 g/mol. The van der Waals surface area contributed by atoms with Crippen molar-refractivity contribution in [3.05, 3.63) is 35.4 Å². The fraction of sp³-hybridized carbons (Fsp3) is 0.500. The van der Waals surface area contributed by atoms with Gasteiger partial charge in [-0.2, -0.15) is 0 Å². The molecule has 2 rings (SSSR count). The molecule has 0 saturated heterocycles. The van der Waals surface area contributed by atoms with Crippen molar-refractivity contribution in [2.45, 2.75) is 44.6 Å². The van der Waals surface area contributed by atoms with Crippen molar-refractivity contribution in [1.29, 1.82) is 0 Å². The van der Waals surface area contributed by atoms with E-state index in [9.17, 15) is 18.4 Å². The summed E-state index contributed by atoms with van der Waals surface area (Å²) in [4.78, 5) is 23.1. The molecule has 0 unspecified atom stereocenters. The number of hydrogen-bond acceptors (Lipinski definition) is 2. The van der Waals surface area contributed by atoms with E-state index < -0.39 is 23.1 Å². The van der Waals surface area contributed by atoms with Gasteiger partial charge in [0.25, 0.3) is 0 Å². The Morgan fingerprint density at radius 2 is 2.05 bits per heavy atom. The number of carboxylic acid groups (broad SMARTS) is 1. The third-order valence-corrected chi connectivity index (χ3v) is 4.25. The predicted molar refractivity (Wildman–Crippen MR) is 76.3 cm³/mol. The molecular formula is C16H19F2NO3. The van der Waals surface area contributed by atoms with Crippen LogP contribution >= 0.6 is 0 Å². The molecule has 0 heterocycles. The van der Waals surface area contributed by atoms with Crippen LogP contribution in [-0.2, 0) is 9.59 Å². The molecule has 120 valence electrons. The summed E-state index contributed by atoms with van der Waals surface area (Å²) in [5, 5.41) is 11.7. The summed E-state index contributed by atoms with van der Waals surface area (Å²) in [6.45, 7) is 3.50. The van der Waals surface area contributed by atoms with Crippen LogP contribution in [0, 0.1) is 17.6 Å². The van der Waals surface area contributed by atoms with Crippen molar-refractivity contribution in [1.82, 2.24) is 5.32 Å². The highest BCUT2D eigenvalue weighted by molar-refractivity contribution is 5.84. The summed E-state index contributed by atoms with van der Waals surface area (Å²) in [7, 11) is 0. The highest BCUT2D eigenvalue weighted by Gasteiger charge is 2.45. The van der Waals surface area contributed by atoms with Crippen LogP contribution < -0.4 is 5.32 Å². The third-order valence-electron chi connectivity index (χ3n) is 4.25. The van der Waals surface area contributed by atoms with Gasteiger partial charge in [0, 0.05) is 11.5 Å². The first-order valence-corrected chi connectivity index (χ1v) is 7.24. The van der Waals surface area contributed by atoms with Gasteiger partial charge in [0.05, 0.1) is 6.42 Å². The van der Waals surface area contributed by atoms with Gasteiger partial charge in [-0.05, 0) is 43.4 Å². The zero-order chi connectivity index (χ0) is 16.5. The Labute approximate surface area is 127 Å². The molecule has 0 bridgehead atoms. The van der Waals surface area contributed by atoms with Gasteiger partial charge in [-0.15, -0.1) is 0 Å². The van der Waals surface area contributed by atoms with Crippen molar-refractivity contribution >= 4 is 11.9 Å². The molecule has 22 heavy (non-hydrogen) atoms. The molecule has 0 aliphatic heterocycles. The second-order valence-electron chi connectivity index (χ2n) is 6.10. The number of hydrogen-bond donors (Lipinski definition) is 2. The van der Waals surface area contributed by atoms with Crippen LogP contribution in [0.25, 0.3) is 0 Å². The van der Waals surface area contributed by atoms with Gasteiger partial charge in [-0.3, -0.25) is 9.59 Å². The molecule has 1 saturated carbocycles. The van der Waals surface area contributed by atoms with E-state index in [0.717, 1.165) is 12.1 Å². The number of aliphatic carboxylic acids is 1. The summed E-state index contributed by atoms with van der Waals surface area (Å²) in [6.07, 6.45) is 0.898. The van der Waals surface area contributed by atoms with Crippen molar-refractivity contribution in [3.8, 4) is 0 Å². The average molecular weight is 311 g/mol. The molecule has 4 nitrogen and oxygen atoms in total. The van der Waals surface area contributed by atoms with Crippen molar-refractivity contribution in [2.75, 3.05) is 0 Å². The van der Waals surface area contributed by atoms with Crippen LogP contribution in [0.4, 0.5) is 8.78 Å². The van der Waals surface area contributed by atoms with E-state index in [1.165, 1.54) is 6.07 Å². The Morgan fingerprint density at radius 3 is 2.59 bits per heavy atom. The lowest BCUT2D eigenvalue weighted by molar-refractivity contribution is -0.139. The normalized spacial score (nSPS) is 22.7. The summed E-state index contributed by atoms with van der Waals surface area (Å²) in [5.74, 6) is -3.50. The minimum atomic E-state index is -0.974. The van der Waals surface area contributed by atoms with E-state index in [1.807, 2.05) is 6.92 Å². The first-order valence-electron chi connectivity index (χ1n) is 7.24. The fourth-order valence-electron chi connectivity index (χ4n) is 2.58. The maximum atomic E-state index is 13.2. The van der Waals surface area contributed by atoms with Crippen molar-refractivity contribution in [3.63, 3.8) is 0 Å². The highest BCUT2D eigenvalue weighted by atomic mass is 19.2. The van der Waals surface area contributed by atoms with E-state index in [0.29, 0.717) is 18.4 Å². The van der Waals surface area contributed by atoms with Crippen LogP contribution in [0.15, 0.2) is 18.2 Å². The van der Waals surface area contributed by atoms with Crippen molar-refractivity contribution in [2.24, 2.45) is 5.92 Å². The molecule has 1 fully saturated rings. The quantitative estimate of drug-likeness (QED) is 0.849. The van der Waals surface area contributed by atoms with Crippen LogP contribution in [0.3, 0.4) is 0 Å². The standard InChI is InChI=1S/C16H19F2NO3/c1-3-16(2,8-14(20)21)19-15(22)11-7-10(11)9-4-5-12(17)13(18)6-9/h4-6,10-11H,3,7-8H2,1-2H3,(H,19,22)(H,20,21)/t10-,11-,16+/m0/s1. The first kappa shape index (κ1) is 16.4. The van der Waals surface area contributed by atoms with Crippen LogP contribution in [0.2, 0.25) is 0 Å². The molecule has 2 N–H and O–H groups in total. The van der Waals surface area contributed by atoms with Gasteiger partial charge in [-0.25, -0.2) is 8.78 Å². The number of amides is 1. The Balaban J connectivity index is 2.00. The number of carbonyl (C=O) groups is 2. The molecule has 1 aromatic carbocycles. The lowest BCUT2D eigenvalue weighted by Gasteiger charge is -2.28. The van der Waals surface area contributed by atoms with E-state index in [2.05, 4.69) is 5.32 Å². The lowest BCUT2D eigenvalue weighted by Crippen LogP contribution is -2.47. The van der Waals surface area contributed by atoms with Crippen LogP contribution in [0.5, 0.6) is 0 Å². The molecule has 1 aromatic rings. The van der Waals surface area contributed by atoms with Gasteiger partial charge in [-0.1, -0.05) is 13.0 Å². The van der Waals surface area contributed by atoms with Gasteiger partial charge < -0.3 is 10.4 Å². The number of nitrogens with one attached hydrogen (secondary N) is 1. The number of rotatable bonds is 6. The smallest absolute Gasteiger partial charge is 0.305 e. The minimum Gasteiger partial charge on any atom is -0.481 e. The minimum absolute atomic E-state index is 0.138. The number of halogens is 2. The lowest BCUT2D eigenvalue weighted by atomic mass is 9.94. The van der Waals surface area contributed by atoms with Crippen LogP contribution in [-0.4, -0.2) is 22.5 Å². The van der Waals surface area contributed by atoms with Gasteiger partial charge in [0.1, 0.15) is 0 Å². The first-order chi connectivity index (χ1) is 10.3. The maximum absolute atomic E-state index is 13.2. The Kier molecular flexibility index (Phi) is 4.49. The Bertz CT molecular complexity index is 605. The third kappa shape index (κ3) is 3.61. The van der Waals surface area contributed by atoms with Gasteiger partial charge >= 0.3 is 5.97 Å². The highest BCUT2D eigenvalue weighted by Crippen LogP contribution is 2.48. The van der Waals surface area contributed by atoms with E-state index in [-0.39, 0.29) is 24.2 Å². The van der Waals surface area contributed by atoms with Crippen LogP contribution in [0.1, 0.15) is 44.6 Å². The molecule has 0 aromatic heterocycles. The molecule has 0 radical (unpaired) electrons. The zero-order valence-corrected chi connectivity index (χ0v) is 12.5. The van der Waals surface area contributed by atoms with Crippen molar-refractivity contribution < 1.29 is 23.5 Å². The van der Waals surface area contributed by atoms with Gasteiger partial charge in [0.15, 0.2) is 11.6 Å². The number of benzene rings is 1. The van der Waals surface area contributed by atoms with Gasteiger partial charge in [0.2, 0.25) is 5.91 Å². The summed E-state index contributed by atoms with van der Waals surface area (Å²) < 4.78 is 26.1. The molecule has 1 aliphatic carbocycles. The second-order valence-corrected chi connectivity index (χ2v) is 6.10. The molecule has 1 aliphatic rings. The number of carbonyl (C=O) groups excluding carboxylic acids is 1. The van der Waals surface area contributed by atoms with E-state index >= 15 is 0 Å².